The minimum absolute atomic E-state index is 0.00368. The van der Waals surface area contributed by atoms with Crippen LogP contribution in [-0.4, -0.2) is 74.1 Å². The summed E-state index contributed by atoms with van der Waals surface area (Å²) >= 11 is 0. The number of anilines is 1. The van der Waals surface area contributed by atoms with Gasteiger partial charge >= 0.3 is 0 Å². The molecule has 1 saturated carbocycles. The van der Waals surface area contributed by atoms with E-state index in [-0.39, 0.29) is 24.3 Å². The van der Waals surface area contributed by atoms with E-state index in [1.54, 1.807) is 6.07 Å². The predicted octanol–water partition coefficient (Wildman–Crippen LogP) is 7.38. The number of carbonyl (C=O) groups excluding carboxylic acids is 1. The standard InChI is InChI=1S/C42H55N3O5/c1-2-38(43-20-17-34-25-35(46)26-39-42(34)50-29-41(47)44-39)32-13-15-36(16-14-32)48-24-8-21-45-22-18-33(19-23-45)40(27-45)49-28-37(31-11-6-7-12-31)30-9-4-3-5-10-30/h3-5,9-10,13-16,25-26,31,33,37-38,40,43H,2,6-8,11-12,17-24,27-29H2,1H3,(H-,44,46,47)/p+1/t33?,37?,38?,40-,45?/m1/s1. The maximum Gasteiger partial charge on any atom is 0.262 e. The van der Waals surface area contributed by atoms with E-state index < -0.39 is 0 Å². The highest BCUT2D eigenvalue weighted by atomic mass is 16.5. The zero-order valence-electron chi connectivity index (χ0n) is 29.8. The number of phenols is 1. The van der Waals surface area contributed by atoms with Crippen LogP contribution in [0.25, 0.3) is 0 Å². The van der Waals surface area contributed by atoms with Crippen molar-refractivity contribution in [3.8, 4) is 17.2 Å². The van der Waals surface area contributed by atoms with Crippen molar-refractivity contribution in [1.82, 2.24) is 5.32 Å². The van der Waals surface area contributed by atoms with Crippen LogP contribution in [-0.2, 0) is 16.0 Å². The number of aromatic hydroxyl groups is 1. The topological polar surface area (TPSA) is 89.0 Å². The number of phenolic OH excluding ortho intramolecular Hbond substituents is 1. The van der Waals surface area contributed by atoms with Gasteiger partial charge in [0.15, 0.2) is 6.61 Å². The fourth-order valence-corrected chi connectivity index (χ4v) is 9.23. The molecule has 3 N–H and O–H groups in total. The molecule has 268 valence electrons. The largest absolute Gasteiger partial charge is 0.508 e. The molecule has 3 aromatic carbocycles. The fourth-order valence-electron chi connectivity index (χ4n) is 9.23. The van der Waals surface area contributed by atoms with Gasteiger partial charge in [-0.15, -0.1) is 0 Å². The molecule has 0 aromatic heterocycles. The van der Waals surface area contributed by atoms with Crippen molar-refractivity contribution in [1.29, 1.82) is 0 Å². The molecular formula is C42H56N3O5+. The Kier molecular flexibility index (Phi) is 11.3. The molecule has 4 fully saturated rings. The minimum Gasteiger partial charge on any atom is -0.508 e. The number of hydrogen-bond donors (Lipinski definition) is 3. The molecule has 0 spiro atoms. The first-order chi connectivity index (χ1) is 24.5. The summed E-state index contributed by atoms with van der Waals surface area (Å²) in [7, 11) is 0. The number of fused-ring (bicyclic) bond motifs is 4. The van der Waals surface area contributed by atoms with Gasteiger partial charge in [-0.2, -0.15) is 0 Å². The Balaban J connectivity index is 0.860. The van der Waals surface area contributed by atoms with E-state index in [1.165, 1.54) is 73.3 Å². The molecule has 2 bridgehead atoms. The SMILES string of the molecule is CCC(NCCc1cc(O)cc2c1OCC(=O)N2)c1ccc(OCCC[N+]23CCC(CC2)[C@H](OCC(c2ccccc2)C2CCCC2)C3)cc1. The van der Waals surface area contributed by atoms with Crippen LogP contribution in [0.4, 0.5) is 5.69 Å². The number of ether oxygens (including phenoxy) is 3. The lowest BCUT2D eigenvalue weighted by atomic mass is 9.82. The van der Waals surface area contributed by atoms with Gasteiger partial charge in [0.2, 0.25) is 0 Å². The maximum absolute atomic E-state index is 11.7. The lowest BCUT2D eigenvalue weighted by Crippen LogP contribution is -2.64. The van der Waals surface area contributed by atoms with E-state index in [2.05, 4.69) is 72.2 Å². The van der Waals surface area contributed by atoms with Gasteiger partial charge in [-0.3, -0.25) is 4.79 Å². The molecule has 8 rings (SSSR count). The average molecular weight is 683 g/mol. The molecule has 8 nitrogen and oxygen atoms in total. The Labute approximate surface area is 298 Å². The molecule has 50 heavy (non-hydrogen) atoms. The molecule has 0 radical (unpaired) electrons. The number of amides is 1. The summed E-state index contributed by atoms with van der Waals surface area (Å²) in [6, 6.07) is 23.1. The molecule has 3 saturated heterocycles. The van der Waals surface area contributed by atoms with Gasteiger partial charge in [0.25, 0.3) is 5.91 Å². The number of nitrogens with zero attached hydrogens (tertiary/aromatic N) is 1. The maximum atomic E-state index is 11.7. The molecule has 4 aliphatic heterocycles. The van der Waals surface area contributed by atoms with Crippen LogP contribution >= 0.6 is 0 Å². The van der Waals surface area contributed by atoms with Gasteiger partial charge in [0.1, 0.15) is 29.9 Å². The average Bonchev–Trinajstić information content (AvgIpc) is 3.68. The third-order valence-electron chi connectivity index (χ3n) is 12.0. The zero-order chi connectivity index (χ0) is 34.3. The first kappa shape index (κ1) is 34.8. The van der Waals surface area contributed by atoms with Crippen LogP contribution < -0.4 is 20.1 Å². The quantitative estimate of drug-likeness (QED) is 0.108. The predicted molar refractivity (Wildman–Crippen MR) is 197 cm³/mol. The van der Waals surface area contributed by atoms with Crippen LogP contribution in [0.5, 0.6) is 17.2 Å². The van der Waals surface area contributed by atoms with Crippen LogP contribution in [0.2, 0.25) is 0 Å². The number of carbonyl (C=O) groups is 1. The van der Waals surface area contributed by atoms with Crippen LogP contribution in [0.3, 0.4) is 0 Å². The number of hydrogen-bond acceptors (Lipinski definition) is 6. The summed E-state index contributed by atoms with van der Waals surface area (Å²) in [5.41, 5.74) is 4.10. The van der Waals surface area contributed by atoms with Crippen molar-refractivity contribution >= 4 is 11.6 Å². The van der Waals surface area contributed by atoms with E-state index in [4.69, 9.17) is 14.2 Å². The first-order valence-corrected chi connectivity index (χ1v) is 19.2. The van der Waals surface area contributed by atoms with E-state index in [1.807, 2.05) is 0 Å². The van der Waals surface area contributed by atoms with Crippen molar-refractivity contribution in [3.63, 3.8) is 0 Å². The van der Waals surface area contributed by atoms with Crippen LogP contribution in [0.15, 0.2) is 66.7 Å². The smallest absolute Gasteiger partial charge is 0.262 e. The number of piperidine rings is 3. The molecule has 5 aliphatic rings. The van der Waals surface area contributed by atoms with Gasteiger partial charge in [0.05, 0.1) is 38.5 Å². The van der Waals surface area contributed by atoms with Crippen molar-refractivity contribution in [3.05, 3.63) is 83.4 Å². The third-order valence-corrected chi connectivity index (χ3v) is 12.0. The number of benzene rings is 3. The molecule has 1 aliphatic carbocycles. The molecule has 8 heteroatoms. The van der Waals surface area contributed by atoms with Crippen LogP contribution in [0, 0.1) is 11.8 Å². The van der Waals surface area contributed by atoms with E-state index >= 15 is 0 Å². The summed E-state index contributed by atoms with van der Waals surface area (Å²) in [6.07, 6.45) is 11.1. The zero-order valence-corrected chi connectivity index (χ0v) is 29.8. The second kappa shape index (κ2) is 16.2. The molecule has 1 amide bonds. The molecule has 3 atom stereocenters. The summed E-state index contributed by atoms with van der Waals surface area (Å²) in [4.78, 5) is 11.7. The Morgan fingerprint density at radius 1 is 1.00 bits per heavy atom. The van der Waals surface area contributed by atoms with Crippen LogP contribution in [0.1, 0.15) is 86.9 Å². The van der Waals surface area contributed by atoms with E-state index in [9.17, 15) is 9.90 Å². The highest BCUT2D eigenvalue weighted by molar-refractivity contribution is 5.96. The van der Waals surface area contributed by atoms with Gasteiger partial charge < -0.3 is 34.4 Å². The van der Waals surface area contributed by atoms with Gasteiger partial charge in [-0.1, -0.05) is 62.2 Å². The Morgan fingerprint density at radius 3 is 2.54 bits per heavy atom. The lowest BCUT2D eigenvalue weighted by Gasteiger charge is -2.52. The number of quaternary nitrogens is 1. The van der Waals surface area contributed by atoms with Crippen molar-refractivity contribution in [2.75, 3.05) is 57.9 Å². The number of nitrogens with one attached hydrogen (secondary N) is 2. The molecule has 2 unspecified atom stereocenters. The molecule has 4 heterocycles. The van der Waals surface area contributed by atoms with Crippen molar-refractivity contribution < 1.29 is 28.6 Å². The summed E-state index contributed by atoms with van der Waals surface area (Å²) < 4.78 is 20.0. The summed E-state index contributed by atoms with van der Waals surface area (Å²) in [5.74, 6) is 3.50. The second-order valence-corrected chi connectivity index (χ2v) is 15.2. The Hall–Kier alpha value is -3.59. The van der Waals surface area contributed by atoms with Gasteiger partial charge in [0, 0.05) is 48.8 Å². The van der Waals surface area contributed by atoms with Crippen molar-refractivity contribution in [2.24, 2.45) is 11.8 Å². The second-order valence-electron chi connectivity index (χ2n) is 15.2. The molecule has 3 aromatic rings. The van der Waals surface area contributed by atoms with Gasteiger partial charge in [-0.25, -0.2) is 0 Å². The van der Waals surface area contributed by atoms with Crippen molar-refractivity contribution in [2.45, 2.75) is 82.8 Å². The minimum atomic E-state index is -0.207. The lowest BCUT2D eigenvalue weighted by molar-refractivity contribution is -0.946. The summed E-state index contributed by atoms with van der Waals surface area (Å²) in [5, 5.41) is 16.6. The third kappa shape index (κ3) is 8.30. The van der Waals surface area contributed by atoms with E-state index in [0.29, 0.717) is 36.4 Å². The fraction of sp³-hybridized carbons (Fsp3) is 0.548. The van der Waals surface area contributed by atoms with E-state index in [0.717, 1.165) is 62.3 Å². The first-order valence-electron chi connectivity index (χ1n) is 19.2. The summed E-state index contributed by atoms with van der Waals surface area (Å²) in [6.45, 7) is 9.39. The van der Waals surface area contributed by atoms with Gasteiger partial charge in [-0.05, 0) is 67.5 Å². The highest BCUT2D eigenvalue weighted by Gasteiger charge is 2.46. The normalized spacial score (nSPS) is 24.3. The number of rotatable bonds is 16. The highest BCUT2D eigenvalue weighted by Crippen LogP contribution is 2.41. The Morgan fingerprint density at radius 2 is 1.78 bits per heavy atom. The molecular weight excluding hydrogens is 626 g/mol. The Bertz CT molecular complexity index is 1550. The monoisotopic (exact) mass is 682 g/mol.